The van der Waals surface area contributed by atoms with Gasteiger partial charge in [0.05, 0.1) is 18.7 Å². The number of ether oxygens (including phenoxy) is 1. The van der Waals surface area contributed by atoms with E-state index in [4.69, 9.17) is 10.5 Å². The summed E-state index contributed by atoms with van der Waals surface area (Å²) in [5.74, 6) is -0.858. The lowest BCUT2D eigenvalue weighted by Gasteiger charge is -2.34. The Hall–Kier alpha value is -4.02. The number of morpholine rings is 1. The van der Waals surface area contributed by atoms with Crippen molar-refractivity contribution in [1.29, 1.82) is 0 Å². The minimum atomic E-state index is -1.71. The number of carbonyl (C=O) groups is 2. The highest BCUT2D eigenvalue weighted by Gasteiger charge is 2.39. The lowest BCUT2D eigenvalue weighted by Crippen LogP contribution is -2.55. The molecular weight excluding hydrogens is 426 g/mol. The molecule has 0 aliphatic carbocycles. The van der Waals surface area contributed by atoms with Crippen molar-refractivity contribution in [3.8, 4) is 0 Å². The van der Waals surface area contributed by atoms with Crippen LogP contribution in [-0.4, -0.2) is 53.1 Å². The fraction of sp³-hybridized carbons (Fsp3) is 0.217. The number of rotatable bonds is 4. The highest BCUT2D eigenvalue weighted by molar-refractivity contribution is 6.05. The Morgan fingerprint density at radius 1 is 1.21 bits per heavy atom. The molecule has 0 bridgehead atoms. The van der Waals surface area contributed by atoms with Gasteiger partial charge < -0.3 is 30.8 Å². The topological polar surface area (TPSA) is 150 Å². The average molecular weight is 447 g/mol. The number of hydrogen-bond donors (Lipinski definition) is 4. The first-order valence-corrected chi connectivity index (χ1v) is 10.4. The minimum absolute atomic E-state index is 0.138. The Balaban J connectivity index is 1.32. The second-order valence-electron chi connectivity index (χ2n) is 7.88. The van der Waals surface area contributed by atoms with Gasteiger partial charge >= 0.3 is 0 Å². The number of aliphatic hydroxyl groups excluding tert-OH is 1. The number of hydrogen-bond acceptors (Lipinski definition) is 7. The van der Waals surface area contributed by atoms with E-state index in [-0.39, 0.29) is 18.7 Å². The number of amidine groups is 1. The standard InChI is InChI=1S/C23H21N5O5/c24-21-16-5-3-14(9-13(16)11-25-21)26-22(31)19(30)20-23(32)28(7-8-33-20)15-4-1-12-2-6-18(29)27-17(12)10-15/h1-6,9-10,19-20,30H,7-8,11H2,(H2,24,25)(H,26,31)(H,27,29)/t19-,20-/m1/s1. The van der Waals surface area contributed by atoms with Crippen molar-refractivity contribution in [2.75, 3.05) is 23.4 Å². The predicted molar refractivity (Wildman–Crippen MR) is 122 cm³/mol. The molecule has 5 N–H and O–H groups in total. The summed E-state index contributed by atoms with van der Waals surface area (Å²) in [5.41, 5.74) is 8.80. The molecule has 33 heavy (non-hydrogen) atoms. The van der Waals surface area contributed by atoms with E-state index in [1.807, 2.05) is 0 Å². The number of fused-ring (bicyclic) bond motifs is 2. The summed E-state index contributed by atoms with van der Waals surface area (Å²) in [5, 5.41) is 14.0. The van der Waals surface area contributed by atoms with Gasteiger partial charge in [-0.2, -0.15) is 0 Å². The molecule has 1 saturated heterocycles. The fourth-order valence-corrected chi connectivity index (χ4v) is 4.06. The first-order chi connectivity index (χ1) is 15.9. The average Bonchev–Trinajstić information content (AvgIpc) is 3.18. The Morgan fingerprint density at radius 2 is 2.03 bits per heavy atom. The van der Waals surface area contributed by atoms with Gasteiger partial charge in [0, 0.05) is 29.5 Å². The van der Waals surface area contributed by atoms with Crippen LogP contribution in [0.5, 0.6) is 0 Å². The van der Waals surface area contributed by atoms with Crippen LogP contribution in [0, 0.1) is 0 Å². The second-order valence-corrected chi connectivity index (χ2v) is 7.88. The van der Waals surface area contributed by atoms with Gasteiger partial charge in [-0.25, -0.2) is 0 Å². The number of nitrogens with two attached hydrogens (primary N) is 1. The van der Waals surface area contributed by atoms with Crippen molar-refractivity contribution < 1.29 is 19.4 Å². The van der Waals surface area contributed by atoms with Gasteiger partial charge in [-0.05, 0) is 47.3 Å². The molecule has 1 fully saturated rings. The number of nitrogens with zero attached hydrogens (tertiary/aromatic N) is 2. The van der Waals surface area contributed by atoms with Crippen molar-refractivity contribution >= 4 is 39.9 Å². The number of aromatic amines is 1. The number of aliphatic hydroxyl groups is 1. The first-order valence-electron chi connectivity index (χ1n) is 10.4. The Labute approximate surface area is 187 Å². The molecular formula is C23H21N5O5. The summed E-state index contributed by atoms with van der Waals surface area (Å²) >= 11 is 0. The maximum absolute atomic E-state index is 13.1. The second kappa shape index (κ2) is 8.15. The van der Waals surface area contributed by atoms with Crippen LogP contribution in [0.15, 0.2) is 58.3 Å². The smallest absolute Gasteiger partial charge is 0.259 e. The zero-order valence-corrected chi connectivity index (χ0v) is 17.4. The van der Waals surface area contributed by atoms with Crippen LogP contribution in [0.1, 0.15) is 11.1 Å². The van der Waals surface area contributed by atoms with Crippen LogP contribution >= 0.6 is 0 Å². The van der Waals surface area contributed by atoms with Crippen molar-refractivity contribution in [3.05, 3.63) is 70.0 Å². The molecule has 2 aliphatic heterocycles. The number of aliphatic imine (C=N–C) groups is 1. The summed E-state index contributed by atoms with van der Waals surface area (Å²) in [6, 6.07) is 13.5. The van der Waals surface area contributed by atoms with Crippen molar-refractivity contribution in [2.45, 2.75) is 18.8 Å². The molecule has 0 saturated carbocycles. The summed E-state index contributed by atoms with van der Waals surface area (Å²) in [7, 11) is 0. The lowest BCUT2D eigenvalue weighted by molar-refractivity contribution is -0.150. The number of H-pyrrole nitrogens is 1. The molecule has 5 rings (SSSR count). The van der Waals surface area contributed by atoms with Gasteiger partial charge in [-0.1, -0.05) is 6.07 Å². The third-order valence-corrected chi connectivity index (χ3v) is 5.77. The number of benzene rings is 2. The molecule has 3 heterocycles. The lowest BCUT2D eigenvalue weighted by atomic mass is 10.1. The maximum Gasteiger partial charge on any atom is 0.259 e. The van der Waals surface area contributed by atoms with E-state index in [1.54, 1.807) is 42.5 Å². The van der Waals surface area contributed by atoms with E-state index < -0.39 is 24.0 Å². The Morgan fingerprint density at radius 3 is 2.88 bits per heavy atom. The Kier molecular flexibility index (Phi) is 5.15. The molecule has 0 unspecified atom stereocenters. The van der Waals surface area contributed by atoms with Gasteiger partial charge in [0.1, 0.15) is 5.84 Å². The highest BCUT2D eigenvalue weighted by atomic mass is 16.5. The molecule has 2 aliphatic rings. The number of amides is 2. The molecule has 10 nitrogen and oxygen atoms in total. The third-order valence-electron chi connectivity index (χ3n) is 5.77. The normalized spacial score (nSPS) is 18.7. The molecule has 168 valence electrons. The summed E-state index contributed by atoms with van der Waals surface area (Å²) < 4.78 is 5.46. The van der Waals surface area contributed by atoms with Crippen LogP contribution < -0.4 is 21.5 Å². The van der Waals surface area contributed by atoms with Crippen molar-refractivity contribution in [2.24, 2.45) is 10.7 Å². The molecule has 2 amide bonds. The van der Waals surface area contributed by atoms with Gasteiger partial charge in [0.25, 0.3) is 11.8 Å². The SMILES string of the molecule is NC1=NCc2cc(NC(=O)[C@H](O)[C@H]3OCCN(c4ccc5ccc(=O)[nH]c5c4)C3=O)ccc21. The van der Waals surface area contributed by atoms with Crippen molar-refractivity contribution in [3.63, 3.8) is 0 Å². The minimum Gasteiger partial charge on any atom is -0.383 e. The largest absolute Gasteiger partial charge is 0.383 e. The summed E-state index contributed by atoms with van der Waals surface area (Å²) in [4.78, 5) is 45.7. The van der Waals surface area contributed by atoms with Crippen LogP contribution in [0.4, 0.5) is 11.4 Å². The summed E-state index contributed by atoms with van der Waals surface area (Å²) in [6.45, 7) is 0.807. The highest BCUT2D eigenvalue weighted by Crippen LogP contribution is 2.25. The molecule has 10 heteroatoms. The maximum atomic E-state index is 13.1. The van der Waals surface area contributed by atoms with Gasteiger partial charge in [0.15, 0.2) is 12.2 Å². The Bertz CT molecular complexity index is 1360. The molecule has 3 aromatic rings. The van der Waals surface area contributed by atoms with E-state index in [0.717, 1.165) is 16.5 Å². The molecule has 0 radical (unpaired) electrons. The predicted octanol–water partition coefficient (Wildman–Crippen LogP) is 0.478. The number of carbonyl (C=O) groups excluding carboxylic acids is 2. The van der Waals surface area contributed by atoms with E-state index in [9.17, 15) is 19.5 Å². The third kappa shape index (κ3) is 3.86. The molecule has 2 aromatic carbocycles. The first kappa shape index (κ1) is 20.9. The zero-order valence-electron chi connectivity index (χ0n) is 17.4. The van der Waals surface area contributed by atoms with Gasteiger partial charge in [0.2, 0.25) is 5.56 Å². The fourth-order valence-electron chi connectivity index (χ4n) is 4.06. The van der Waals surface area contributed by atoms with E-state index in [0.29, 0.717) is 29.3 Å². The van der Waals surface area contributed by atoms with Crippen LogP contribution in [0.2, 0.25) is 0 Å². The van der Waals surface area contributed by atoms with E-state index in [1.165, 1.54) is 11.0 Å². The van der Waals surface area contributed by atoms with Crippen LogP contribution in [-0.2, 0) is 20.9 Å². The molecule has 1 aromatic heterocycles. The quantitative estimate of drug-likeness (QED) is 0.457. The number of pyridine rings is 1. The zero-order chi connectivity index (χ0) is 23.1. The van der Waals surface area contributed by atoms with Crippen LogP contribution in [0.25, 0.3) is 10.9 Å². The van der Waals surface area contributed by atoms with E-state index >= 15 is 0 Å². The van der Waals surface area contributed by atoms with Crippen LogP contribution in [0.3, 0.4) is 0 Å². The number of anilines is 2. The molecule has 0 spiro atoms. The van der Waals surface area contributed by atoms with E-state index in [2.05, 4.69) is 15.3 Å². The number of aromatic nitrogens is 1. The number of nitrogens with one attached hydrogen (secondary N) is 2. The summed E-state index contributed by atoms with van der Waals surface area (Å²) in [6.07, 6.45) is -3.08. The monoisotopic (exact) mass is 447 g/mol. The van der Waals surface area contributed by atoms with Gasteiger partial charge in [-0.15, -0.1) is 0 Å². The molecule has 2 atom stereocenters. The van der Waals surface area contributed by atoms with Gasteiger partial charge in [-0.3, -0.25) is 19.4 Å². The van der Waals surface area contributed by atoms with Crippen molar-refractivity contribution in [1.82, 2.24) is 4.98 Å².